The smallest absolute Gasteiger partial charge is 0.294 e. The largest absolute Gasteiger partial charge is 0.522 e. The molecule has 0 radical (unpaired) electrons. The first-order valence-electron chi connectivity index (χ1n) is 3.03. The second-order valence-corrected chi connectivity index (χ2v) is 2.01. The monoisotopic (exact) mass is 226 g/mol. The molecule has 0 unspecified atom stereocenters. The van der Waals surface area contributed by atoms with Crippen LogP contribution in [0.25, 0.3) is 0 Å². The van der Waals surface area contributed by atoms with E-state index in [-0.39, 0.29) is 0 Å². The van der Waals surface area contributed by atoms with Gasteiger partial charge in [0.15, 0.2) is 5.78 Å². The molecular formula is C5H4F6O3. The highest BCUT2D eigenvalue weighted by Crippen LogP contribution is 2.17. The van der Waals surface area contributed by atoms with Gasteiger partial charge in [0.25, 0.3) is 0 Å². The van der Waals surface area contributed by atoms with Crippen LogP contribution in [0.2, 0.25) is 0 Å². The van der Waals surface area contributed by atoms with Crippen molar-refractivity contribution in [2.45, 2.75) is 12.7 Å². The minimum atomic E-state index is -5.05. The third-order valence-corrected chi connectivity index (χ3v) is 0.794. The molecule has 0 aromatic heterocycles. The first kappa shape index (κ1) is 13.2. The zero-order valence-electron chi connectivity index (χ0n) is 6.41. The van der Waals surface area contributed by atoms with Crippen LogP contribution in [0.5, 0.6) is 0 Å². The quantitative estimate of drug-likeness (QED) is 0.683. The Kier molecular flexibility index (Phi) is 4.33. The van der Waals surface area contributed by atoms with Crippen LogP contribution in [-0.2, 0) is 14.3 Å². The molecule has 0 aliphatic rings. The molecule has 0 bridgehead atoms. The van der Waals surface area contributed by atoms with E-state index in [1.54, 1.807) is 0 Å². The Hall–Kier alpha value is -0.830. The number of hydrogen-bond acceptors (Lipinski definition) is 3. The van der Waals surface area contributed by atoms with Crippen LogP contribution in [-0.4, -0.2) is 31.7 Å². The second-order valence-electron chi connectivity index (χ2n) is 2.01. The summed E-state index contributed by atoms with van der Waals surface area (Å²) in [6, 6.07) is 0. The van der Waals surface area contributed by atoms with Crippen molar-refractivity contribution in [2.24, 2.45) is 0 Å². The topological polar surface area (TPSA) is 35.5 Å². The molecule has 3 nitrogen and oxygen atoms in total. The van der Waals surface area contributed by atoms with Crippen LogP contribution in [0, 0.1) is 0 Å². The molecule has 0 aromatic rings. The molecule has 0 heterocycles. The lowest BCUT2D eigenvalue weighted by molar-refractivity contribution is -0.328. The molecule has 84 valence electrons. The Morgan fingerprint density at radius 3 is 1.36 bits per heavy atom. The number of carbonyl (C=O) groups is 1. The van der Waals surface area contributed by atoms with Crippen molar-refractivity contribution >= 4 is 5.78 Å². The Morgan fingerprint density at radius 2 is 1.14 bits per heavy atom. The average Bonchev–Trinajstić information content (AvgIpc) is 1.94. The number of Topliss-reactive ketones (excluding diaryl/α,β-unsaturated/α-hetero) is 1. The van der Waals surface area contributed by atoms with Crippen molar-refractivity contribution in [2.75, 3.05) is 13.2 Å². The van der Waals surface area contributed by atoms with E-state index in [2.05, 4.69) is 9.47 Å². The Bertz CT molecular complexity index is 175. The summed E-state index contributed by atoms with van der Waals surface area (Å²) < 4.78 is 73.4. The van der Waals surface area contributed by atoms with E-state index in [0.717, 1.165) is 0 Å². The van der Waals surface area contributed by atoms with Gasteiger partial charge in [-0.15, -0.1) is 26.3 Å². The highest BCUT2D eigenvalue weighted by atomic mass is 19.4. The maximum absolute atomic E-state index is 11.3. The SMILES string of the molecule is O=C(COC(F)(F)F)COC(F)(F)F. The maximum Gasteiger partial charge on any atom is 0.522 e. The summed E-state index contributed by atoms with van der Waals surface area (Å²) in [5.74, 6) is -1.46. The number of ether oxygens (including phenoxy) is 2. The number of rotatable bonds is 4. The minimum absolute atomic E-state index is 1.46. The fraction of sp³-hybridized carbons (Fsp3) is 0.800. The molecule has 0 aromatic carbocycles. The zero-order chi connectivity index (χ0) is 11.4. The summed E-state index contributed by atoms with van der Waals surface area (Å²) in [5.41, 5.74) is 0. The normalized spacial score (nSPS) is 13.0. The number of hydrogen-bond donors (Lipinski definition) is 0. The molecule has 0 saturated carbocycles. The molecular weight excluding hydrogens is 222 g/mol. The Morgan fingerprint density at radius 1 is 0.857 bits per heavy atom. The molecule has 0 aliphatic heterocycles. The predicted octanol–water partition coefficient (Wildman–Crippen LogP) is 1.63. The molecule has 0 aliphatic carbocycles. The molecule has 0 saturated heterocycles. The van der Waals surface area contributed by atoms with Gasteiger partial charge >= 0.3 is 12.7 Å². The van der Waals surface area contributed by atoms with Crippen molar-refractivity contribution < 1.29 is 40.6 Å². The van der Waals surface area contributed by atoms with E-state index in [1.165, 1.54) is 0 Å². The maximum atomic E-state index is 11.3. The molecule has 0 spiro atoms. The van der Waals surface area contributed by atoms with Crippen molar-refractivity contribution in [3.63, 3.8) is 0 Å². The van der Waals surface area contributed by atoms with E-state index >= 15 is 0 Å². The number of halogens is 6. The lowest BCUT2D eigenvalue weighted by Crippen LogP contribution is -2.25. The number of alkyl halides is 6. The van der Waals surface area contributed by atoms with Crippen LogP contribution in [0.4, 0.5) is 26.3 Å². The summed E-state index contributed by atoms with van der Waals surface area (Å²) in [7, 11) is 0. The van der Waals surface area contributed by atoms with E-state index < -0.39 is 31.7 Å². The van der Waals surface area contributed by atoms with Gasteiger partial charge in [-0.1, -0.05) is 0 Å². The van der Waals surface area contributed by atoms with Crippen LogP contribution in [0.15, 0.2) is 0 Å². The van der Waals surface area contributed by atoms with Gasteiger partial charge in [-0.05, 0) is 0 Å². The summed E-state index contributed by atoms with van der Waals surface area (Å²) >= 11 is 0. The highest BCUT2D eigenvalue weighted by molar-refractivity contribution is 5.80. The summed E-state index contributed by atoms with van der Waals surface area (Å²) in [6.07, 6.45) is -10.1. The average molecular weight is 226 g/mol. The fourth-order valence-corrected chi connectivity index (χ4v) is 0.366. The van der Waals surface area contributed by atoms with Gasteiger partial charge in [-0.3, -0.25) is 14.3 Å². The highest BCUT2D eigenvalue weighted by Gasteiger charge is 2.32. The van der Waals surface area contributed by atoms with Gasteiger partial charge in [0.1, 0.15) is 13.2 Å². The van der Waals surface area contributed by atoms with Crippen molar-refractivity contribution in [3.8, 4) is 0 Å². The van der Waals surface area contributed by atoms with Crippen molar-refractivity contribution in [1.82, 2.24) is 0 Å². The van der Waals surface area contributed by atoms with Crippen molar-refractivity contribution in [1.29, 1.82) is 0 Å². The second kappa shape index (κ2) is 4.60. The zero-order valence-corrected chi connectivity index (χ0v) is 6.41. The standard InChI is InChI=1S/C5H4F6O3/c6-4(7,8)13-1-3(12)2-14-5(9,10)11/h1-2H2. The third kappa shape index (κ3) is 9.26. The van der Waals surface area contributed by atoms with Gasteiger partial charge in [0.2, 0.25) is 0 Å². The third-order valence-electron chi connectivity index (χ3n) is 0.794. The molecule has 9 heteroatoms. The van der Waals surface area contributed by atoms with Crippen LogP contribution >= 0.6 is 0 Å². The molecule has 14 heavy (non-hydrogen) atoms. The van der Waals surface area contributed by atoms with Gasteiger partial charge in [-0.2, -0.15) is 0 Å². The Balaban J connectivity index is 3.68. The van der Waals surface area contributed by atoms with Crippen LogP contribution in [0.1, 0.15) is 0 Å². The number of carbonyl (C=O) groups excluding carboxylic acids is 1. The van der Waals surface area contributed by atoms with E-state index in [1.807, 2.05) is 0 Å². The van der Waals surface area contributed by atoms with Gasteiger partial charge in [0.05, 0.1) is 0 Å². The Labute approximate surface area is 73.6 Å². The first-order valence-corrected chi connectivity index (χ1v) is 3.03. The molecule has 0 fully saturated rings. The van der Waals surface area contributed by atoms with Crippen LogP contribution < -0.4 is 0 Å². The lowest BCUT2D eigenvalue weighted by Gasteiger charge is -2.08. The first-order chi connectivity index (χ1) is 6.10. The molecule has 0 amide bonds. The summed E-state index contributed by atoms with van der Waals surface area (Å²) in [6.45, 7) is -3.00. The predicted molar refractivity (Wildman–Crippen MR) is 29.0 cm³/mol. The minimum Gasteiger partial charge on any atom is -0.294 e. The van der Waals surface area contributed by atoms with E-state index in [4.69, 9.17) is 0 Å². The van der Waals surface area contributed by atoms with Crippen LogP contribution in [0.3, 0.4) is 0 Å². The van der Waals surface area contributed by atoms with Crippen molar-refractivity contribution in [3.05, 3.63) is 0 Å². The molecule has 0 atom stereocenters. The van der Waals surface area contributed by atoms with E-state index in [9.17, 15) is 31.1 Å². The fourth-order valence-electron chi connectivity index (χ4n) is 0.366. The van der Waals surface area contributed by atoms with Gasteiger partial charge in [-0.25, -0.2) is 0 Å². The molecule has 0 N–H and O–H groups in total. The van der Waals surface area contributed by atoms with Gasteiger partial charge < -0.3 is 0 Å². The summed E-state index contributed by atoms with van der Waals surface area (Å²) in [5, 5.41) is 0. The van der Waals surface area contributed by atoms with E-state index in [0.29, 0.717) is 0 Å². The van der Waals surface area contributed by atoms with Gasteiger partial charge in [0, 0.05) is 0 Å². The number of ketones is 1. The lowest BCUT2D eigenvalue weighted by atomic mass is 10.4. The summed E-state index contributed by atoms with van der Waals surface area (Å²) in [4.78, 5) is 10.3. The molecule has 0 rings (SSSR count).